The Morgan fingerprint density at radius 2 is 1.87 bits per heavy atom. The standard InChI is InChI=1S/C22H24N2O6S/c1-12(2)10-30-22(27)19-13(3)18-20(31-19)23-11-24(21(18)26)9-15(25)14-6-7-16(28-4)17(8-14)29-5/h6-8,11-12H,9-10H2,1-5H3. The highest BCUT2D eigenvalue weighted by Crippen LogP contribution is 2.29. The van der Waals surface area contributed by atoms with Crippen molar-refractivity contribution in [2.45, 2.75) is 27.3 Å². The van der Waals surface area contributed by atoms with E-state index in [0.717, 1.165) is 11.3 Å². The lowest BCUT2D eigenvalue weighted by Gasteiger charge is -2.10. The number of benzene rings is 1. The molecule has 0 atom stereocenters. The molecule has 0 N–H and O–H groups in total. The number of carbonyl (C=O) groups is 2. The molecule has 0 amide bonds. The van der Waals surface area contributed by atoms with Gasteiger partial charge in [0.15, 0.2) is 17.3 Å². The van der Waals surface area contributed by atoms with Crippen molar-refractivity contribution in [1.82, 2.24) is 9.55 Å². The third-order valence-corrected chi connectivity index (χ3v) is 5.85. The van der Waals surface area contributed by atoms with E-state index < -0.39 is 5.97 Å². The Hall–Kier alpha value is -3.20. The first-order valence-electron chi connectivity index (χ1n) is 9.67. The summed E-state index contributed by atoms with van der Waals surface area (Å²) in [5, 5.41) is 0.323. The number of methoxy groups -OCH3 is 2. The van der Waals surface area contributed by atoms with E-state index in [-0.39, 0.29) is 23.8 Å². The van der Waals surface area contributed by atoms with Gasteiger partial charge in [0.05, 0.1) is 39.1 Å². The Kier molecular flexibility index (Phi) is 6.74. The van der Waals surface area contributed by atoms with Crippen LogP contribution in [-0.4, -0.2) is 42.1 Å². The first kappa shape index (κ1) is 22.5. The lowest BCUT2D eigenvalue weighted by atomic mass is 10.1. The third-order valence-electron chi connectivity index (χ3n) is 4.67. The van der Waals surface area contributed by atoms with Crippen LogP contribution >= 0.6 is 11.3 Å². The number of ether oxygens (including phenoxy) is 3. The van der Waals surface area contributed by atoms with Gasteiger partial charge in [-0.1, -0.05) is 13.8 Å². The molecule has 0 saturated carbocycles. The number of rotatable bonds is 8. The van der Waals surface area contributed by atoms with Crippen LogP contribution < -0.4 is 15.0 Å². The van der Waals surface area contributed by atoms with Crippen LogP contribution in [0.25, 0.3) is 10.2 Å². The maximum absolute atomic E-state index is 13.0. The van der Waals surface area contributed by atoms with Gasteiger partial charge < -0.3 is 14.2 Å². The second-order valence-corrected chi connectivity index (χ2v) is 8.40. The molecule has 2 heterocycles. The molecule has 0 spiro atoms. The van der Waals surface area contributed by atoms with Gasteiger partial charge in [0.1, 0.15) is 9.71 Å². The number of ketones is 1. The lowest BCUT2D eigenvalue weighted by Crippen LogP contribution is -2.24. The number of carbonyl (C=O) groups excluding carboxylic acids is 2. The maximum atomic E-state index is 13.0. The van der Waals surface area contributed by atoms with Gasteiger partial charge in [-0.2, -0.15) is 0 Å². The van der Waals surface area contributed by atoms with E-state index in [2.05, 4.69) is 4.98 Å². The predicted octanol–water partition coefficient (Wildman–Crippen LogP) is 3.48. The second-order valence-electron chi connectivity index (χ2n) is 7.40. The first-order valence-corrected chi connectivity index (χ1v) is 10.5. The van der Waals surface area contributed by atoms with Gasteiger partial charge in [0, 0.05) is 5.56 Å². The zero-order chi connectivity index (χ0) is 22.7. The molecule has 3 aromatic rings. The summed E-state index contributed by atoms with van der Waals surface area (Å²) in [6.07, 6.45) is 1.32. The van der Waals surface area contributed by atoms with Crippen LogP contribution in [-0.2, 0) is 11.3 Å². The minimum atomic E-state index is -0.471. The van der Waals surface area contributed by atoms with Crippen molar-refractivity contribution in [3.05, 3.63) is 50.9 Å². The highest BCUT2D eigenvalue weighted by atomic mass is 32.1. The smallest absolute Gasteiger partial charge is 0.348 e. The van der Waals surface area contributed by atoms with E-state index in [1.54, 1.807) is 25.1 Å². The van der Waals surface area contributed by atoms with Gasteiger partial charge in [-0.3, -0.25) is 14.2 Å². The molecule has 0 bridgehead atoms. The Morgan fingerprint density at radius 1 is 1.16 bits per heavy atom. The van der Waals surface area contributed by atoms with Crippen LogP contribution in [0.15, 0.2) is 29.3 Å². The van der Waals surface area contributed by atoms with Crippen molar-refractivity contribution >= 4 is 33.3 Å². The monoisotopic (exact) mass is 444 g/mol. The van der Waals surface area contributed by atoms with E-state index >= 15 is 0 Å². The van der Waals surface area contributed by atoms with Crippen LogP contribution in [0.4, 0.5) is 0 Å². The summed E-state index contributed by atoms with van der Waals surface area (Å²) in [5.41, 5.74) is 0.513. The lowest BCUT2D eigenvalue weighted by molar-refractivity contribution is 0.0464. The van der Waals surface area contributed by atoms with Crippen molar-refractivity contribution in [2.24, 2.45) is 5.92 Å². The van der Waals surface area contributed by atoms with Crippen molar-refractivity contribution < 1.29 is 23.8 Å². The van der Waals surface area contributed by atoms with Crippen molar-refractivity contribution in [2.75, 3.05) is 20.8 Å². The van der Waals surface area contributed by atoms with Crippen molar-refractivity contribution in [1.29, 1.82) is 0 Å². The van der Waals surface area contributed by atoms with Crippen molar-refractivity contribution in [3.63, 3.8) is 0 Å². The molecule has 0 aliphatic carbocycles. The minimum absolute atomic E-state index is 0.195. The molecular formula is C22H24N2O6S. The molecule has 0 radical (unpaired) electrons. The molecule has 31 heavy (non-hydrogen) atoms. The molecule has 0 aliphatic rings. The Morgan fingerprint density at radius 3 is 2.52 bits per heavy atom. The molecule has 9 heteroatoms. The Balaban J connectivity index is 1.91. The summed E-state index contributed by atoms with van der Waals surface area (Å²) < 4.78 is 16.9. The number of hydrogen-bond donors (Lipinski definition) is 0. The summed E-state index contributed by atoms with van der Waals surface area (Å²) in [4.78, 5) is 43.2. The zero-order valence-electron chi connectivity index (χ0n) is 18.1. The van der Waals surface area contributed by atoms with Crippen molar-refractivity contribution in [3.8, 4) is 11.5 Å². The average Bonchev–Trinajstić information content (AvgIpc) is 3.10. The number of thiophene rings is 1. The highest BCUT2D eigenvalue weighted by Gasteiger charge is 2.21. The fourth-order valence-electron chi connectivity index (χ4n) is 3.03. The fourth-order valence-corrected chi connectivity index (χ4v) is 4.06. The molecule has 3 rings (SSSR count). The largest absolute Gasteiger partial charge is 0.493 e. The third kappa shape index (κ3) is 4.61. The number of aryl methyl sites for hydroxylation is 1. The molecule has 0 unspecified atom stereocenters. The summed E-state index contributed by atoms with van der Waals surface area (Å²) in [6.45, 7) is 5.68. The van der Waals surface area contributed by atoms with E-state index in [1.165, 1.54) is 25.1 Å². The zero-order valence-corrected chi connectivity index (χ0v) is 18.9. The summed E-state index contributed by atoms with van der Waals surface area (Å²) in [6, 6.07) is 4.81. The molecular weight excluding hydrogens is 420 g/mol. The van der Waals surface area contributed by atoms with E-state index in [0.29, 0.717) is 44.3 Å². The molecule has 0 fully saturated rings. The predicted molar refractivity (Wildman–Crippen MR) is 118 cm³/mol. The van der Waals surface area contributed by atoms with E-state index in [9.17, 15) is 14.4 Å². The fraction of sp³-hybridized carbons (Fsp3) is 0.364. The molecule has 164 valence electrons. The SMILES string of the molecule is COc1ccc(C(=O)Cn2cnc3sc(C(=O)OCC(C)C)c(C)c3c2=O)cc1OC. The normalized spacial score (nSPS) is 11.0. The maximum Gasteiger partial charge on any atom is 0.348 e. The quantitative estimate of drug-likeness (QED) is 0.388. The minimum Gasteiger partial charge on any atom is -0.493 e. The molecule has 1 aromatic carbocycles. The Bertz CT molecular complexity index is 1190. The van der Waals surface area contributed by atoms with Gasteiger partial charge >= 0.3 is 5.97 Å². The van der Waals surface area contributed by atoms with E-state index in [4.69, 9.17) is 14.2 Å². The Labute approximate surface area is 183 Å². The number of nitrogens with zero attached hydrogens (tertiary/aromatic N) is 2. The van der Waals surface area contributed by atoms with Crippen LogP contribution in [0.3, 0.4) is 0 Å². The van der Waals surface area contributed by atoms with Gasteiger partial charge in [-0.15, -0.1) is 11.3 Å². The summed E-state index contributed by atoms with van der Waals surface area (Å²) in [5.74, 6) is 0.379. The second kappa shape index (κ2) is 9.30. The number of esters is 1. The summed E-state index contributed by atoms with van der Waals surface area (Å²) >= 11 is 1.12. The first-order chi connectivity index (χ1) is 14.8. The highest BCUT2D eigenvalue weighted by molar-refractivity contribution is 7.20. The topological polar surface area (TPSA) is 96.7 Å². The van der Waals surface area contributed by atoms with Gasteiger partial charge in [-0.05, 0) is 36.6 Å². The molecule has 0 aliphatic heterocycles. The number of hydrogen-bond acceptors (Lipinski definition) is 8. The molecule has 8 nitrogen and oxygen atoms in total. The van der Waals surface area contributed by atoms with Gasteiger partial charge in [0.2, 0.25) is 0 Å². The number of fused-ring (bicyclic) bond motifs is 1. The van der Waals surface area contributed by atoms with Gasteiger partial charge in [-0.25, -0.2) is 9.78 Å². The molecule has 2 aromatic heterocycles. The van der Waals surface area contributed by atoms with Crippen LogP contribution in [0, 0.1) is 12.8 Å². The van der Waals surface area contributed by atoms with Gasteiger partial charge in [0.25, 0.3) is 5.56 Å². The van der Waals surface area contributed by atoms with Crippen LogP contribution in [0.5, 0.6) is 11.5 Å². The number of Topliss-reactive ketones (excluding diaryl/α,β-unsaturated/α-hetero) is 1. The molecule has 0 saturated heterocycles. The van der Waals surface area contributed by atoms with E-state index in [1.807, 2.05) is 13.8 Å². The average molecular weight is 445 g/mol. The van der Waals surface area contributed by atoms with Crippen LogP contribution in [0.2, 0.25) is 0 Å². The van der Waals surface area contributed by atoms with Crippen LogP contribution in [0.1, 0.15) is 39.4 Å². The number of aromatic nitrogens is 2. The summed E-state index contributed by atoms with van der Waals surface area (Å²) in [7, 11) is 2.99.